The van der Waals surface area contributed by atoms with E-state index in [0.29, 0.717) is 0 Å². The van der Waals surface area contributed by atoms with Crippen LogP contribution >= 0.6 is 0 Å². The summed E-state index contributed by atoms with van der Waals surface area (Å²) in [7, 11) is 0. The van der Waals surface area contributed by atoms with Crippen molar-refractivity contribution in [3.63, 3.8) is 0 Å². The average molecular weight is 222 g/mol. The Kier molecular flexibility index (Phi) is 20.9. The van der Waals surface area contributed by atoms with Gasteiger partial charge in [0.25, 0.3) is 0 Å². The van der Waals surface area contributed by atoms with Gasteiger partial charge in [0.1, 0.15) is 0 Å². The van der Waals surface area contributed by atoms with Crippen molar-refractivity contribution in [2.24, 2.45) is 0 Å². The smallest absolute Gasteiger partial charge is 0.0354 e. The van der Waals surface area contributed by atoms with Gasteiger partial charge < -0.3 is 0 Å². The summed E-state index contributed by atoms with van der Waals surface area (Å²) in [5.74, 6) is 0. The zero-order valence-electron chi connectivity index (χ0n) is 12.4. The number of hydrogen-bond acceptors (Lipinski definition) is 0. The van der Waals surface area contributed by atoms with Gasteiger partial charge >= 0.3 is 0 Å². The second kappa shape index (κ2) is 16.4. The van der Waals surface area contributed by atoms with E-state index in [-0.39, 0.29) is 0 Å². The third-order valence-electron chi connectivity index (χ3n) is 1.41. The molecule has 0 radical (unpaired) electrons. The summed E-state index contributed by atoms with van der Waals surface area (Å²) in [6.07, 6.45) is 7.18. The fourth-order valence-electron chi connectivity index (χ4n) is 0.405. The SMILES string of the molecule is C=C(C)/C=C\C=C(C)C.C=C(C)CC.CC. The molecule has 0 unspecified atom stereocenters. The van der Waals surface area contributed by atoms with E-state index >= 15 is 0 Å². The van der Waals surface area contributed by atoms with Crippen LogP contribution in [0, 0.1) is 0 Å². The van der Waals surface area contributed by atoms with Crippen molar-refractivity contribution in [1.29, 1.82) is 0 Å². The Bertz CT molecular complexity index is 222. The molecule has 16 heavy (non-hydrogen) atoms. The van der Waals surface area contributed by atoms with E-state index in [4.69, 9.17) is 0 Å². The number of allylic oxidation sites excluding steroid dienone is 6. The molecule has 0 N–H and O–H groups in total. The van der Waals surface area contributed by atoms with E-state index in [1.54, 1.807) is 0 Å². The Balaban J connectivity index is -0.000000205. The maximum Gasteiger partial charge on any atom is -0.0354 e. The molecular formula is C16H30. The number of hydrogen-bond donors (Lipinski definition) is 0. The molecule has 0 aliphatic heterocycles. The molecule has 0 nitrogen and oxygen atoms in total. The van der Waals surface area contributed by atoms with Gasteiger partial charge in [-0.2, -0.15) is 0 Å². The first-order valence-electron chi connectivity index (χ1n) is 6.01. The van der Waals surface area contributed by atoms with Gasteiger partial charge in [-0.05, 0) is 34.1 Å². The quantitative estimate of drug-likeness (QED) is 0.401. The molecule has 0 saturated carbocycles. The van der Waals surface area contributed by atoms with Crippen LogP contribution < -0.4 is 0 Å². The third kappa shape index (κ3) is 38.3. The van der Waals surface area contributed by atoms with E-state index in [9.17, 15) is 0 Å². The van der Waals surface area contributed by atoms with Gasteiger partial charge in [0.05, 0.1) is 0 Å². The van der Waals surface area contributed by atoms with Crippen molar-refractivity contribution >= 4 is 0 Å². The van der Waals surface area contributed by atoms with Crippen LogP contribution in [0.1, 0.15) is 54.9 Å². The molecule has 0 aliphatic rings. The molecule has 0 amide bonds. The second-order valence-corrected chi connectivity index (χ2v) is 3.76. The highest BCUT2D eigenvalue weighted by atomic mass is 13.8. The van der Waals surface area contributed by atoms with Crippen molar-refractivity contribution in [2.45, 2.75) is 54.9 Å². The normalized spacial score (nSPS) is 8.19. The van der Waals surface area contributed by atoms with Gasteiger partial charge in [-0.25, -0.2) is 0 Å². The van der Waals surface area contributed by atoms with Crippen molar-refractivity contribution < 1.29 is 0 Å². The lowest BCUT2D eigenvalue weighted by molar-refractivity contribution is 1.11. The van der Waals surface area contributed by atoms with Crippen LogP contribution in [0.3, 0.4) is 0 Å². The molecule has 0 spiro atoms. The minimum atomic E-state index is 1.09. The van der Waals surface area contributed by atoms with Crippen molar-refractivity contribution in [3.05, 3.63) is 48.1 Å². The van der Waals surface area contributed by atoms with Crippen LogP contribution in [-0.4, -0.2) is 0 Å². The summed E-state index contributed by atoms with van der Waals surface area (Å²) in [5, 5.41) is 0. The largest absolute Gasteiger partial charge is 0.100 e. The molecule has 0 fully saturated rings. The van der Waals surface area contributed by atoms with Gasteiger partial charge in [-0.3, -0.25) is 0 Å². The van der Waals surface area contributed by atoms with Crippen LogP contribution in [0.4, 0.5) is 0 Å². The zero-order chi connectivity index (χ0) is 13.6. The number of rotatable bonds is 3. The zero-order valence-corrected chi connectivity index (χ0v) is 12.4. The maximum absolute atomic E-state index is 3.74. The summed E-state index contributed by atoms with van der Waals surface area (Å²) in [5.41, 5.74) is 3.66. The summed E-state index contributed by atoms with van der Waals surface area (Å²) < 4.78 is 0. The van der Waals surface area contributed by atoms with E-state index < -0.39 is 0 Å². The summed E-state index contributed by atoms with van der Waals surface area (Å²) in [6, 6.07) is 0. The average Bonchev–Trinajstić information content (AvgIpc) is 2.20. The predicted octanol–water partition coefficient (Wildman–Crippen LogP) is 6.08. The third-order valence-corrected chi connectivity index (χ3v) is 1.41. The summed E-state index contributed by atoms with van der Waals surface area (Å²) >= 11 is 0. The molecule has 0 aromatic rings. The molecule has 0 heteroatoms. The van der Waals surface area contributed by atoms with Crippen LogP contribution in [0.15, 0.2) is 48.1 Å². The van der Waals surface area contributed by atoms with Crippen molar-refractivity contribution in [2.75, 3.05) is 0 Å². The molecule has 94 valence electrons. The monoisotopic (exact) mass is 222 g/mol. The van der Waals surface area contributed by atoms with E-state index in [0.717, 1.165) is 12.0 Å². The summed E-state index contributed by atoms with van der Waals surface area (Å²) in [6.45, 7) is 21.7. The van der Waals surface area contributed by atoms with Gasteiger partial charge in [0, 0.05) is 0 Å². The highest BCUT2D eigenvalue weighted by molar-refractivity contribution is 5.18. The first-order valence-corrected chi connectivity index (χ1v) is 6.01. The topological polar surface area (TPSA) is 0 Å². The van der Waals surface area contributed by atoms with Crippen LogP contribution in [0.25, 0.3) is 0 Å². The Morgan fingerprint density at radius 1 is 1.00 bits per heavy atom. The van der Waals surface area contributed by atoms with Gasteiger partial charge in [-0.15, -0.1) is 6.58 Å². The minimum Gasteiger partial charge on any atom is -0.100 e. The molecule has 0 bridgehead atoms. The molecule has 0 aromatic carbocycles. The maximum atomic E-state index is 3.74. The second-order valence-electron chi connectivity index (χ2n) is 3.76. The molecular weight excluding hydrogens is 192 g/mol. The highest BCUT2D eigenvalue weighted by Gasteiger charge is 1.71. The first-order chi connectivity index (χ1) is 7.40. The molecule has 0 rings (SSSR count). The van der Waals surface area contributed by atoms with Crippen LogP contribution in [0.2, 0.25) is 0 Å². The molecule has 0 heterocycles. The first kappa shape index (κ1) is 20.4. The molecule has 0 aromatic heterocycles. The predicted molar refractivity (Wildman–Crippen MR) is 79.8 cm³/mol. The lowest BCUT2D eigenvalue weighted by Crippen LogP contribution is -1.61. The summed E-state index contributed by atoms with van der Waals surface area (Å²) in [4.78, 5) is 0. The standard InChI is InChI=1S/C9H14.C5H10.C2H6/c1-8(2)6-5-7-9(3)4;1-4-5(2)3;1-2/h5-7H,1H2,2-4H3;2,4H2,1,3H3;1-2H3/b6-5-;;. The van der Waals surface area contributed by atoms with Crippen molar-refractivity contribution in [3.8, 4) is 0 Å². The van der Waals surface area contributed by atoms with Gasteiger partial charge in [0.2, 0.25) is 0 Å². The molecule has 0 atom stereocenters. The van der Waals surface area contributed by atoms with Gasteiger partial charge in [-0.1, -0.05) is 62.3 Å². The molecule has 0 aliphatic carbocycles. The van der Waals surface area contributed by atoms with Crippen molar-refractivity contribution in [1.82, 2.24) is 0 Å². The van der Waals surface area contributed by atoms with E-state index in [1.165, 1.54) is 11.1 Å². The molecule has 0 saturated heterocycles. The fourth-order valence-corrected chi connectivity index (χ4v) is 0.405. The Morgan fingerprint density at radius 3 is 1.56 bits per heavy atom. The van der Waals surface area contributed by atoms with E-state index in [2.05, 4.69) is 40.0 Å². The Morgan fingerprint density at radius 2 is 1.38 bits per heavy atom. The highest BCUT2D eigenvalue weighted by Crippen LogP contribution is 1.93. The minimum absolute atomic E-state index is 1.09. The van der Waals surface area contributed by atoms with E-state index in [1.807, 2.05) is 39.8 Å². The lowest BCUT2D eigenvalue weighted by Gasteiger charge is -1.83. The Hall–Kier alpha value is -1.04. The Labute approximate surface area is 103 Å². The van der Waals surface area contributed by atoms with Crippen LogP contribution in [-0.2, 0) is 0 Å². The van der Waals surface area contributed by atoms with Gasteiger partial charge in [0.15, 0.2) is 0 Å². The van der Waals surface area contributed by atoms with Crippen LogP contribution in [0.5, 0.6) is 0 Å². The lowest BCUT2D eigenvalue weighted by atomic mass is 10.2. The fraction of sp³-hybridized carbons (Fsp3) is 0.500.